The van der Waals surface area contributed by atoms with Gasteiger partial charge in [0.2, 0.25) is 5.91 Å². The van der Waals surface area contributed by atoms with Crippen LogP contribution in [0, 0.1) is 0 Å². The summed E-state index contributed by atoms with van der Waals surface area (Å²) in [6.07, 6.45) is 60.0. The number of likely N-dealkylation sites (N-methyl/N-ethyl adjacent to an activating group) is 1. The Morgan fingerprint density at radius 2 is 0.955 bits per heavy atom. The van der Waals surface area contributed by atoms with Crippen molar-refractivity contribution in [3.8, 4) is 0 Å². The highest BCUT2D eigenvalue weighted by Gasteiger charge is 2.30. The topological polar surface area (TPSA) is 111 Å². The molecule has 0 radical (unpaired) electrons. The van der Waals surface area contributed by atoms with Crippen LogP contribution in [-0.2, 0) is 27.9 Å². The lowest BCUT2D eigenvalue weighted by molar-refractivity contribution is -0.870. The Kier molecular flexibility index (Phi) is 44.9. The average molecular weight is 958 g/mol. The van der Waals surface area contributed by atoms with Crippen molar-refractivity contribution in [3.63, 3.8) is 0 Å². The van der Waals surface area contributed by atoms with Gasteiger partial charge >= 0.3 is 13.8 Å². The van der Waals surface area contributed by atoms with Crippen molar-refractivity contribution in [2.45, 2.75) is 226 Å². The fourth-order valence-electron chi connectivity index (χ4n) is 7.29. The summed E-state index contributed by atoms with van der Waals surface area (Å²) in [5, 5.41) is 3.03. The number of allylic oxidation sites excluding steroid dienone is 13. The van der Waals surface area contributed by atoms with Gasteiger partial charge in [0.05, 0.1) is 33.8 Å². The molecule has 0 spiro atoms. The van der Waals surface area contributed by atoms with E-state index in [0.29, 0.717) is 17.4 Å². The molecule has 0 bridgehead atoms. The van der Waals surface area contributed by atoms with E-state index < -0.39 is 20.0 Å². The lowest BCUT2D eigenvalue weighted by atomic mass is 10.1. The van der Waals surface area contributed by atoms with Crippen molar-refractivity contribution in [2.75, 3.05) is 40.9 Å². The van der Waals surface area contributed by atoms with Gasteiger partial charge in [0.25, 0.3) is 0 Å². The minimum atomic E-state index is -4.45. The molecule has 0 aliphatic rings. The number of rotatable bonds is 47. The molecule has 3 atom stereocenters. The minimum Gasteiger partial charge on any atom is -0.456 e. The summed E-state index contributed by atoms with van der Waals surface area (Å²) >= 11 is 0. The molecule has 10 heteroatoms. The van der Waals surface area contributed by atoms with E-state index in [2.05, 4.69) is 99.0 Å². The summed E-state index contributed by atoms with van der Waals surface area (Å²) in [6.45, 7) is 6.71. The van der Waals surface area contributed by atoms with Crippen LogP contribution in [0.1, 0.15) is 213 Å². The lowest BCUT2D eigenvalue weighted by Gasteiger charge is -2.27. The number of carbonyl (C=O) groups is 2. The Hall–Kier alpha value is -2.81. The summed E-state index contributed by atoms with van der Waals surface area (Å²) in [4.78, 5) is 37.5. The zero-order valence-electron chi connectivity index (χ0n) is 43.9. The predicted octanol–water partition coefficient (Wildman–Crippen LogP) is 15.9. The molecular weight excluding hydrogens is 856 g/mol. The number of phosphoric ester groups is 1. The highest BCUT2D eigenvalue weighted by Crippen LogP contribution is 2.43. The van der Waals surface area contributed by atoms with Gasteiger partial charge < -0.3 is 19.4 Å². The predicted molar refractivity (Wildman–Crippen MR) is 286 cm³/mol. The second-order valence-corrected chi connectivity index (χ2v) is 20.6. The van der Waals surface area contributed by atoms with Crippen LogP contribution in [0.3, 0.4) is 0 Å². The monoisotopic (exact) mass is 958 g/mol. The SMILES string of the molecule is CC/C=C/C=C/C=C/CCCCCCCCCC(=O)NC(COP(=O)(O)OCC[N+](C)(C)C)C(/C=C/CCCCCCCCCCC)OC(=O)CCCCCCCCC/C=C/C=C/C=C/CC. The molecule has 0 aromatic heterocycles. The summed E-state index contributed by atoms with van der Waals surface area (Å²) in [5.41, 5.74) is 0. The third-order valence-corrected chi connectivity index (χ3v) is 12.4. The second kappa shape index (κ2) is 46.9. The van der Waals surface area contributed by atoms with Crippen LogP contribution in [0.15, 0.2) is 85.1 Å². The summed E-state index contributed by atoms with van der Waals surface area (Å²) in [5.74, 6) is -0.540. The molecule has 0 rings (SSSR count). The van der Waals surface area contributed by atoms with Crippen molar-refractivity contribution in [1.29, 1.82) is 0 Å². The summed E-state index contributed by atoms with van der Waals surface area (Å²) in [7, 11) is 1.47. The van der Waals surface area contributed by atoms with Crippen LogP contribution < -0.4 is 5.32 Å². The number of carbonyl (C=O) groups excluding carboxylic acids is 2. The molecule has 3 unspecified atom stereocenters. The van der Waals surface area contributed by atoms with Gasteiger partial charge in [0, 0.05) is 12.8 Å². The van der Waals surface area contributed by atoms with E-state index in [9.17, 15) is 19.0 Å². The minimum absolute atomic E-state index is 0.0315. The number of phosphoric acid groups is 1. The number of quaternary nitrogens is 1. The highest BCUT2D eigenvalue weighted by atomic mass is 31.2. The van der Waals surface area contributed by atoms with Crippen molar-refractivity contribution in [1.82, 2.24) is 5.32 Å². The van der Waals surface area contributed by atoms with Crippen LogP contribution in [0.5, 0.6) is 0 Å². The van der Waals surface area contributed by atoms with Crippen molar-refractivity contribution in [2.24, 2.45) is 0 Å². The van der Waals surface area contributed by atoms with Crippen LogP contribution in [0.2, 0.25) is 0 Å². The maximum absolute atomic E-state index is 13.5. The first kappa shape index (κ1) is 64.2. The molecule has 0 aromatic rings. The van der Waals surface area contributed by atoms with Crippen LogP contribution >= 0.6 is 7.82 Å². The van der Waals surface area contributed by atoms with Gasteiger partial charge in [-0.1, -0.05) is 215 Å². The number of hydrogen-bond donors (Lipinski definition) is 2. The van der Waals surface area contributed by atoms with Crippen LogP contribution in [0.25, 0.3) is 0 Å². The maximum Gasteiger partial charge on any atom is 0.472 e. The maximum atomic E-state index is 13.5. The first-order chi connectivity index (χ1) is 32.4. The van der Waals surface area contributed by atoms with E-state index in [1.807, 2.05) is 33.3 Å². The molecule has 0 aliphatic heterocycles. The van der Waals surface area contributed by atoms with E-state index in [1.165, 1.54) is 83.5 Å². The standard InChI is InChI=1S/C57H101N2O7P/c1-7-10-13-16-19-22-25-27-29-31-34-37-40-43-46-49-56(60)58-54(53-65-67(62,63)64-52-51-59(4,5)6)55(48-45-42-39-36-33-24-21-18-15-12-9-3)66-57(61)50-47-44-41-38-35-32-30-28-26-23-20-17-14-11-8-2/h10-11,13-14,16-17,19-20,22-23,25-26,45,48,54-55H,7-9,12,15,18,21,24,27-44,46-47,49-53H2,1-6H3,(H-,58,60,62,63)/p+1/b13-10+,14-11+,19-16+,20-17+,25-22+,26-23+,48-45+. The Morgan fingerprint density at radius 3 is 1.42 bits per heavy atom. The quantitative estimate of drug-likeness (QED) is 0.0156. The van der Waals surface area contributed by atoms with E-state index in [4.69, 9.17) is 13.8 Å². The highest BCUT2D eigenvalue weighted by molar-refractivity contribution is 7.47. The average Bonchev–Trinajstić information content (AvgIpc) is 3.28. The molecule has 0 aromatic carbocycles. The Labute approximate surface area is 412 Å². The summed E-state index contributed by atoms with van der Waals surface area (Å²) in [6, 6.07) is -0.862. The van der Waals surface area contributed by atoms with Crippen molar-refractivity contribution < 1.29 is 37.3 Å². The molecule has 1 amide bonds. The largest absolute Gasteiger partial charge is 0.472 e. The van der Waals surface area contributed by atoms with Gasteiger partial charge in [-0.25, -0.2) is 4.57 Å². The second-order valence-electron chi connectivity index (χ2n) is 19.1. The number of amides is 1. The molecular formula is C57H102N2O7P+. The number of nitrogens with one attached hydrogen (secondary N) is 1. The molecule has 0 saturated carbocycles. The van der Waals surface area contributed by atoms with Crippen LogP contribution in [-0.4, -0.2) is 74.3 Å². The molecule has 0 saturated heterocycles. The first-order valence-corrected chi connectivity index (χ1v) is 28.5. The smallest absolute Gasteiger partial charge is 0.456 e. The molecule has 2 N–H and O–H groups in total. The van der Waals surface area contributed by atoms with Crippen LogP contribution in [0.4, 0.5) is 0 Å². The van der Waals surface area contributed by atoms with E-state index in [-0.39, 0.29) is 31.5 Å². The molecule has 67 heavy (non-hydrogen) atoms. The van der Waals surface area contributed by atoms with Gasteiger partial charge in [0.1, 0.15) is 19.3 Å². The van der Waals surface area contributed by atoms with E-state index in [0.717, 1.165) is 96.3 Å². The number of nitrogens with zero attached hydrogens (tertiary/aromatic N) is 1. The fourth-order valence-corrected chi connectivity index (χ4v) is 8.03. The fraction of sp³-hybridized carbons (Fsp3) is 0.719. The normalized spacial score (nSPS) is 14.6. The zero-order chi connectivity index (χ0) is 49.4. The van der Waals surface area contributed by atoms with Gasteiger partial charge in [-0.05, 0) is 70.3 Å². The van der Waals surface area contributed by atoms with Crippen molar-refractivity contribution >= 4 is 19.7 Å². The molecule has 9 nitrogen and oxygen atoms in total. The Balaban J connectivity index is 5.41. The van der Waals surface area contributed by atoms with Gasteiger partial charge in [0.15, 0.2) is 0 Å². The Morgan fingerprint density at radius 1 is 0.537 bits per heavy atom. The van der Waals surface area contributed by atoms with Gasteiger partial charge in [-0.3, -0.25) is 18.6 Å². The third kappa shape index (κ3) is 48.0. The molecule has 386 valence electrons. The third-order valence-electron chi connectivity index (χ3n) is 11.5. The Bertz CT molecular complexity index is 1430. The molecule has 0 fully saturated rings. The molecule has 0 heterocycles. The lowest BCUT2D eigenvalue weighted by Crippen LogP contribution is -2.47. The van der Waals surface area contributed by atoms with Gasteiger partial charge in [-0.15, -0.1) is 0 Å². The molecule has 0 aliphatic carbocycles. The van der Waals surface area contributed by atoms with Crippen molar-refractivity contribution in [3.05, 3.63) is 85.1 Å². The number of ether oxygens (including phenoxy) is 1. The van der Waals surface area contributed by atoms with E-state index in [1.54, 1.807) is 0 Å². The number of esters is 1. The number of hydrogen-bond acceptors (Lipinski definition) is 6. The zero-order valence-corrected chi connectivity index (χ0v) is 44.8. The number of unbranched alkanes of at least 4 members (excludes halogenated alkanes) is 23. The van der Waals surface area contributed by atoms with E-state index >= 15 is 0 Å². The van der Waals surface area contributed by atoms with Gasteiger partial charge in [-0.2, -0.15) is 0 Å². The summed E-state index contributed by atoms with van der Waals surface area (Å²) < 4.78 is 30.5. The first-order valence-electron chi connectivity index (χ1n) is 27.0.